The first kappa shape index (κ1) is 14.7. The zero-order valence-corrected chi connectivity index (χ0v) is 10.8. The minimum absolute atomic E-state index is 0.222. The van der Waals surface area contributed by atoms with Gasteiger partial charge in [0.25, 0.3) is 5.56 Å². The van der Waals surface area contributed by atoms with Gasteiger partial charge >= 0.3 is 0 Å². The van der Waals surface area contributed by atoms with Gasteiger partial charge in [0, 0.05) is 37.4 Å². The number of aromatic nitrogens is 3. The van der Waals surface area contributed by atoms with Crippen molar-refractivity contribution in [3.8, 4) is 0 Å². The molecule has 2 aromatic heterocycles. The van der Waals surface area contributed by atoms with Gasteiger partial charge < -0.3 is 30.6 Å². The Kier molecular flexibility index (Phi) is 4.85. The van der Waals surface area contributed by atoms with Gasteiger partial charge in [-0.3, -0.25) is 4.79 Å². The Bertz CT molecular complexity index is 609. The number of fused-ring (bicyclic) bond motifs is 1. The van der Waals surface area contributed by atoms with Crippen LogP contribution in [0.2, 0.25) is 0 Å². The third-order valence-corrected chi connectivity index (χ3v) is 3.24. The van der Waals surface area contributed by atoms with E-state index >= 15 is 0 Å². The second-order valence-electron chi connectivity index (χ2n) is 4.59. The van der Waals surface area contributed by atoms with Gasteiger partial charge in [-0.05, 0) is 0 Å². The zero-order chi connectivity index (χ0) is 14.5. The van der Waals surface area contributed by atoms with Gasteiger partial charge in [-0.25, -0.2) is 4.98 Å². The highest BCUT2D eigenvalue weighted by Gasteiger charge is 2.17. The van der Waals surface area contributed by atoms with Crippen molar-refractivity contribution in [2.45, 2.75) is 12.6 Å². The minimum Gasteiger partial charge on any atom is -0.396 e. The summed E-state index contributed by atoms with van der Waals surface area (Å²) in [5, 5.41) is 30.5. The van der Waals surface area contributed by atoms with Gasteiger partial charge in [0.2, 0.25) is 0 Å². The predicted octanol–water partition coefficient (Wildman–Crippen LogP) is -1.70. The van der Waals surface area contributed by atoms with Crippen molar-refractivity contribution in [2.24, 2.45) is 5.92 Å². The highest BCUT2D eigenvalue weighted by molar-refractivity contribution is 5.77. The van der Waals surface area contributed by atoms with Gasteiger partial charge in [-0.2, -0.15) is 0 Å². The first-order valence-corrected chi connectivity index (χ1v) is 6.31. The molecule has 0 aliphatic rings. The third kappa shape index (κ3) is 3.05. The van der Waals surface area contributed by atoms with E-state index in [-0.39, 0.29) is 12.2 Å². The molecule has 0 bridgehead atoms. The fraction of sp³-hybridized carbons (Fsp3) is 0.500. The minimum atomic E-state index is -0.962. The molecular formula is C12H18N4O4. The van der Waals surface area contributed by atoms with Gasteiger partial charge in [-0.15, -0.1) is 0 Å². The Labute approximate surface area is 114 Å². The van der Waals surface area contributed by atoms with Crippen LogP contribution in [0.5, 0.6) is 0 Å². The van der Waals surface area contributed by atoms with Crippen LogP contribution in [-0.4, -0.2) is 56.1 Å². The number of aromatic amines is 2. The lowest BCUT2D eigenvalue weighted by atomic mass is 10.0. The van der Waals surface area contributed by atoms with Crippen molar-refractivity contribution in [3.05, 3.63) is 28.4 Å². The summed E-state index contributed by atoms with van der Waals surface area (Å²) < 4.78 is 0. The van der Waals surface area contributed by atoms with E-state index in [1.165, 1.54) is 6.33 Å². The summed E-state index contributed by atoms with van der Waals surface area (Å²) >= 11 is 0. The molecular weight excluding hydrogens is 264 g/mol. The van der Waals surface area contributed by atoms with Gasteiger partial charge in [0.1, 0.15) is 5.52 Å². The standard InChI is InChI=1S/C12H18N4O4/c17-4-8(9(19)5-18)2-13-1-7-3-14-11-10(7)15-6-16-12(11)20/h3,6,8-9,13-14,17-19H,1-2,4-5H2,(H,15,16,20)/t8-,9+/m1/s1. The molecule has 6 N–H and O–H groups in total. The second-order valence-corrected chi connectivity index (χ2v) is 4.59. The van der Waals surface area contributed by atoms with Crippen LogP contribution in [-0.2, 0) is 6.54 Å². The molecule has 0 saturated carbocycles. The largest absolute Gasteiger partial charge is 0.396 e. The van der Waals surface area contributed by atoms with Crippen LogP contribution in [0, 0.1) is 5.92 Å². The molecule has 2 atom stereocenters. The summed E-state index contributed by atoms with van der Waals surface area (Å²) in [6, 6.07) is 0. The van der Waals surface area contributed by atoms with E-state index in [0.29, 0.717) is 24.1 Å². The molecule has 2 rings (SSSR count). The molecule has 0 unspecified atom stereocenters. The summed E-state index contributed by atoms with van der Waals surface area (Å²) in [6.07, 6.45) is 2.07. The smallest absolute Gasteiger partial charge is 0.275 e. The lowest BCUT2D eigenvalue weighted by molar-refractivity contribution is 0.0228. The van der Waals surface area contributed by atoms with Crippen molar-refractivity contribution >= 4 is 11.0 Å². The van der Waals surface area contributed by atoms with E-state index < -0.39 is 18.6 Å². The van der Waals surface area contributed by atoms with Crippen LogP contribution in [0.1, 0.15) is 5.56 Å². The number of aliphatic hydroxyl groups is 3. The first-order chi connectivity index (χ1) is 9.67. The molecule has 0 saturated heterocycles. The number of nitrogens with one attached hydrogen (secondary N) is 3. The molecule has 2 aromatic rings. The maximum absolute atomic E-state index is 11.5. The summed E-state index contributed by atoms with van der Waals surface area (Å²) in [5.41, 5.74) is 1.59. The van der Waals surface area contributed by atoms with Gasteiger partial charge in [0.15, 0.2) is 0 Å². The number of rotatable bonds is 7. The molecule has 0 amide bonds. The van der Waals surface area contributed by atoms with Crippen LogP contribution < -0.4 is 10.9 Å². The summed E-state index contributed by atoms with van der Waals surface area (Å²) in [5.74, 6) is -0.443. The quantitative estimate of drug-likeness (QED) is 0.358. The molecule has 110 valence electrons. The average Bonchev–Trinajstić information content (AvgIpc) is 2.87. The van der Waals surface area contributed by atoms with Crippen LogP contribution in [0.15, 0.2) is 17.3 Å². The Balaban J connectivity index is 2.00. The number of hydrogen-bond acceptors (Lipinski definition) is 6. The normalized spacial score (nSPS) is 14.6. The Morgan fingerprint density at radius 2 is 2.10 bits per heavy atom. The third-order valence-electron chi connectivity index (χ3n) is 3.24. The van der Waals surface area contributed by atoms with Gasteiger partial charge in [-0.1, -0.05) is 0 Å². The van der Waals surface area contributed by atoms with Crippen LogP contribution in [0.4, 0.5) is 0 Å². The number of aliphatic hydroxyl groups excluding tert-OH is 3. The lowest BCUT2D eigenvalue weighted by Gasteiger charge is -2.19. The topological polar surface area (TPSA) is 134 Å². The highest BCUT2D eigenvalue weighted by Crippen LogP contribution is 2.11. The van der Waals surface area contributed by atoms with Crippen molar-refractivity contribution in [1.82, 2.24) is 20.3 Å². The van der Waals surface area contributed by atoms with Crippen molar-refractivity contribution in [3.63, 3.8) is 0 Å². The predicted molar refractivity (Wildman–Crippen MR) is 72.1 cm³/mol. The van der Waals surface area contributed by atoms with E-state index in [4.69, 9.17) is 10.2 Å². The fourth-order valence-corrected chi connectivity index (χ4v) is 2.00. The van der Waals surface area contributed by atoms with Crippen molar-refractivity contribution in [1.29, 1.82) is 0 Å². The van der Waals surface area contributed by atoms with Crippen LogP contribution >= 0.6 is 0 Å². The SMILES string of the molecule is O=c1[nH]cnc2c(CNC[C@H](CO)[C@@H](O)CO)c[nH]c12. The van der Waals surface area contributed by atoms with E-state index in [1.807, 2.05) is 0 Å². The fourth-order valence-electron chi connectivity index (χ4n) is 2.00. The lowest BCUT2D eigenvalue weighted by Crippen LogP contribution is -2.35. The average molecular weight is 282 g/mol. The van der Waals surface area contributed by atoms with Gasteiger partial charge in [0.05, 0.1) is 24.6 Å². The maximum Gasteiger partial charge on any atom is 0.275 e. The van der Waals surface area contributed by atoms with Crippen molar-refractivity contribution < 1.29 is 15.3 Å². The number of nitrogens with zero attached hydrogens (tertiary/aromatic N) is 1. The molecule has 0 aliphatic heterocycles. The summed E-state index contributed by atoms with van der Waals surface area (Å²) in [6.45, 7) is 0.163. The molecule has 0 radical (unpaired) electrons. The highest BCUT2D eigenvalue weighted by atomic mass is 16.3. The van der Waals surface area contributed by atoms with E-state index in [1.54, 1.807) is 6.20 Å². The van der Waals surface area contributed by atoms with E-state index in [9.17, 15) is 9.90 Å². The molecule has 0 aliphatic carbocycles. The molecule has 8 heteroatoms. The molecule has 20 heavy (non-hydrogen) atoms. The summed E-state index contributed by atoms with van der Waals surface area (Å²) in [7, 11) is 0. The van der Waals surface area contributed by atoms with Crippen molar-refractivity contribution in [2.75, 3.05) is 19.8 Å². The first-order valence-electron chi connectivity index (χ1n) is 6.31. The molecule has 0 aromatic carbocycles. The number of hydrogen-bond donors (Lipinski definition) is 6. The Morgan fingerprint density at radius 3 is 2.80 bits per heavy atom. The monoisotopic (exact) mass is 282 g/mol. The number of H-pyrrole nitrogens is 2. The summed E-state index contributed by atoms with van der Waals surface area (Å²) in [4.78, 5) is 21.0. The van der Waals surface area contributed by atoms with Crippen LogP contribution in [0.25, 0.3) is 11.0 Å². The maximum atomic E-state index is 11.5. The Morgan fingerprint density at radius 1 is 1.30 bits per heavy atom. The van der Waals surface area contributed by atoms with E-state index in [2.05, 4.69) is 20.3 Å². The second kappa shape index (κ2) is 6.62. The molecule has 0 spiro atoms. The Hall–Kier alpha value is -1.74. The molecule has 2 heterocycles. The van der Waals surface area contributed by atoms with Crippen LogP contribution in [0.3, 0.4) is 0 Å². The molecule has 0 fully saturated rings. The van der Waals surface area contributed by atoms with E-state index in [0.717, 1.165) is 5.56 Å². The molecule has 8 nitrogen and oxygen atoms in total. The zero-order valence-electron chi connectivity index (χ0n) is 10.8.